The van der Waals surface area contributed by atoms with E-state index in [0.717, 1.165) is 0 Å². The Morgan fingerprint density at radius 1 is 1.23 bits per heavy atom. The first-order valence-corrected chi connectivity index (χ1v) is 9.52. The molecule has 9 nitrogen and oxygen atoms in total. The third-order valence-corrected chi connectivity index (χ3v) is 5.36. The average molecular weight is 418 g/mol. The predicted molar refractivity (Wildman–Crippen MR) is 105 cm³/mol. The molecule has 10 heteroatoms. The van der Waals surface area contributed by atoms with E-state index >= 15 is 0 Å². The highest BCUT2D eigenvalue weighted by Crippen LogP contribution is 2.21. The molecular weight excluding hydrogens is 393 g/mol. The number of benzene rings is 1. The SMILES string of the molecule is CC(=O)N1CCN(C)C(c2[nH+]c(C(=O)NCc3ccc(F)cc3)c(O)c(=O)n2C)C1. The molecule has 1 unspecified atom stereocenters. The topological polar surface area (TPSA) is 109 Å². The summed E-state index contributed by atoms with van der Waals surface area (Å²) in [5, 5.41) is 12.9. The predicted octanol–water partition coefficient (Wildman–Crippen LogP) is -0.191. The fourth-order valence-corrected chi connectivity index (χ4v) is 3.45. The van der Waals surface area contributed by atoms with Crippen molar-refractivity contribution in [1.29, 1.82) is 0 Å². The average Bonchev–Trinajstić information content (AvgIpc) is 2.72. The van der Waals surface area contributed by atoms with Crippen LogP contribution in [0.2, 0.25) is 0 Å². The van der Waals surface area contributed by atoms with Crippen molar-refractivity contribution in [2.75, 3.05) is 26.7 Å². The van der Waals surface area contributed by atoms with Gasteiger partial charge in [0.2, 0.25) is 11.6 Å². The monoisotopic (exact) mass is 418 g/mol. The Hall–Kier alpha value is -3.27. The van der Waals surface area contributed by atoms with E-state index in [1.807, 2.05) is 11.9 Å². The van der Waals surface area contributed by atoms with Crippen molar-refractivity contribution >= 4 is 11.8 Å². The third-order valence-electron chi connectivity index (χ3n) is 5.36. The summed E-state index contributed by atoms with van der Waals surface area (Å²) in [6.45, 7) is 3.09. The molecule has 3 rings (SSSR count). The van der Waals surface area contributed by atoms with Crippen molar-refractivity contribution in [2.45, 2.75) is 19.5 Å². The number of aromatic amines is 1. The highest BCUT2D eigenvalue weighted by molar-refractivity contribution is 5.93. The summed E-state index contributed by atoms with van der Waals surface area (Å²) in [5.41, 5.74) is -0.315. The first-order valence-electron chi connectivity index (χ1n) is 9.52. The summed E-state index contributed by atoms with van der Waals surface area (Å²) >= 11 is 0. The van der Waals surface area contributed by atoms with Crippen LogP contribution in [0.3, 0.4) is 0 Å². The molecular formula is C20H25FN5O4+. The Labute approximate surface area is 172 Å². The van der Waals surface area contributed by atoms with Crippen LogP contribution in [-0.4, -0.2) is 58.0 Å². The molecule has 1 aliphatic rings. The van der Waals surface area contributed by atoms with Gasteiger partial charge >= 0.3 is 5.56 Å². The van der Waals surface area contributed by atoms with Gasteiger partial charge in [-0.15, -0.1) is 0 Å². The Balaban J connectivity index is 1.89. The molecule has 0 saturated carbocycles. The number of hydrogen-bond acceptors (Lipinski definition) is 5. The highest BCUT2D eigenvalue weighted by Gasteiger charge is 2.36. The van der Waals surface area contributed by atoms with Crippen molar-refractivity contribution in [3.05, 3.63) is 57.5 Å². The van der Waals surface area contributed by atoms with Crippen LogP contribution in [0.25, 0.3) is 0 Å². The molecule has 3 N–H and O–H groups in total. The molecule has 2 amide bonds. The second-order valence-corrected chi connectivity index (χ2v) is 7.37. The number of carbonyl (C=O) groups excluding carboxylic acids is 2. The fraction of sp³-hybridized carbons (Fsp3) is 0.400. The van der Waals surface area contributed by atoms with Gasteiger partial charge in [-0.1, -0.05) is 12.1 Å². The summed E-state index contributed by atoms with van der Waals surface area (Å²) in [7, 11) is 3.36. The Morgan fingerprint density at radius 3 is 2.53 bits per heavy atom. The van der Waals surface area contributed by atoms with Gasteiger partial charge in [-0.2, -0.15) is 4.57 Å². The first-order chi connectivity index (χ1) is 14.2. The number of H-pyrrole nitrogens is 1. The lowest BCUT2D eigenvalue weighted by Crippen LogP contribution is -2.52. The molecule has 1 aromatic carbocycles. The Kier molecular flexibility index (Phi) is 6.16. The fourth-order valence-electron chi connectivity index (χ4n) is 3.45. The number of carbonyl (C=O) groups is 2. The smallest absolute Gasteiger partial charge is 0.380 e. The molecule has 1 fully saturated rings. The second-order valence-electron chi connectivity index (χ2n) is 7.37. The quantitative estimate of drug-likeness (QED) is 0.715. The molecule has 1 aromatic heterocycles. The zero-order valence-corrected chi connectivity index (χ0v) is 17.1. The maximum atomic E-state index is 13.0. The number of piperazine rings is 1. The van der Waals surface area contributed by atoms with Crippen LogP contribution >= 0.6 is 0 Å². The van der Waals surface area contributed by atoms with E-state index in [-0.39, 0.29) is 30.0 Å². The van der Waals surface area contributed by atoms with E-state index in [9.17, 15) is 23.9 Å². The van der Waals surface area contributed by atoms with Crippen LogP contribution in [0.15, 0.2) is 29.1 Å². The minimum Gasteiger partial charge on any atom is -0.498 e. The van der Waals surface area contributed by atoms with Gasteiger partial charge in [0.25, 0.3) is 17.5 Å². The van der Waals surface area contributed by atoms with Crippen LogP contribution in [-0.2, 0) is 18.4 Å². The Bertz CT molecular complexity index is 1020. The van der Waals surface area contributed by atoms with Crippen molar-refractivity contribution in [3.8, 4) is 5.75 Å². The lowest BCUT2D eigenvalue weighted by molar-refractivity contribution is -0.411. The van der Waals surface area contributed by atoms with Crippen molar-refractivity contribution < 1.29 is 24.1 Å². The molecule has 1 aliphatic heterocycles. The van der Waals surface area contributed by atoms with Crippen LogP contribution in [0.4, 0.5) is 4.39 Å². The number of aromatic hydroxyl groups is 1. The van der Waals surface area contributed by atoms with E-state index in [1.165, 1.54) is 42.8 Å². The maximum absolute atomic E-state index is 13.0. The molecule has 30 heavy (non-hydrogen) atoms. The van der Waals surface area contributed by atoms with Gasteiger partial charge in [0.05, 0.1) is 7.05 Å². The maximum Gasteiger partial charge on any atom is 0.380 e. The van der Waals surface area contributed by atoms with Crippen molar-refractivity contribution in [2.24, 2.45) is 7.05 Å². The third kappa shape index (κ3) is 4.33. The van der Waals surface area contributed by atoms with E-state index in [4.69, 9.17) is 0 Å². The van der Waals surface area contributed by atoms with Crippen LogP contribution < -0.4 is 15.9 Å². The number of halogens is 1. The van der Waals surface area contributed by atoms with Gasteiger partial charge in [-0.05, 0) is 24.7 Å². The molecule has 0 spiro atoms. The standard InChI is InChI=1S/C20H24FN5O4/c1-12(27)26-9-8-24(2)15(11-26)18-23-16(17(28)20(30)25(18)3)19(29)22-10-13-4-6-14(21)7-5-13/h4-7,15,28H,8-11H2,1-3H3,(H,22,29)/p+1. The summed E-state index contributed by atoms with van der Waals surface area (Å²) < 4.78 is 14.3. The number of aromatic nitrogens is 2. The van der Waals surface area contributed by atoms with Crippen LogP contribution in [0, 0.1) is 5.82 Å². The summed E-state index contributed by atoms with van der Waals surface area (Å²) in [6.07, 6.45) is 0. The normalized spacial score (nSPS) is 17.1. The van der Waals surface area contributed by atoms with Gasteiger partial charge in [0.15, 0.2) is 0 Å². The molecule has 160 valence electrons. The van der Waals surface area contributed by atoms with Crippen molar-refractivity contribution in [1.82, 2.24) is 19.7 Å². The molecule has 0 bridgehead atoms. The van der Waals surface area contributed by atoms with E-state index < -0.39 is 17.2 Å². The minimum absolute atomic E-state index is 0.0749. The summed E-state index contributed by atoms with van der Waals surface area (Å²) in [6, 6.07) is 5.26. The van der Waals surface area contributed by atoms with E-state index in [1.54, 1.807) is 4.90 Å². The number of amides is 2. The molecule has 0 aliphatic carbocycles. The number of likely N-dealkylation sites (N-methyl/N-ethyl adjacent to an activating group) is 1. The highest BCUT2D eigenvalue weighted by atomic mass is 19.1. The zero-order valence-electron chi connectivity index (χ0n) is 17.1. The molecule has 1 atom stereocenters. The number of nitrogens with one attached hydrogen (secondary N) is 2. The van der Waals surface area contributed by atoms with Gasteiger partial charge in [-0.25, -0.2) is 14.2 Å². The van der Waals surface area contributed by atoms with E-state index in [2.05, 4.69) is 10.3 Å². The summed E-state index contributed by atoms with van der Waals surface area (Å²) in [4.78, 5) is 43.6. The minimum atomic E-state index is -0.718. The van der Waals surface area contributed by atoms with Gasteiger partial charge < -0.3 is 15.3 Å². The molecule has 2 heterocycles. The van der Waals surface area contributed by atoms with Crippen LogP contribution in [0.1, 0.15) is 34.8 Å². The lowest BCUT2D eigenvalue weighted by atomic mass is 10.1. The summed E-state index contributed by atoms with van der Waals surface area (Å²) in [5.74, 6) is -1.42. The van der Waals surface area contributed by atoms with Crippen molar-refractivity contribution in [3.63, 3.8) is 0 Å². The number of hydrogen-bond donors (Lipinski definition) is 2. The van der Waals surface area contributed by atoms with Gasteiger partial charge in [0, 0.05) is 33.1 Å². The first kappa shape index (κ1) is 21.4. The number of rotatable bonds is 4. The lowest BCUT2D eigenvalue weighted by Gasteiger charge is -2.37. The Morgan fingerprint density at radius 2 is 1.90 bits per heavy atom. The molecule has 1 saturated heterocycles. The van der Waals surface area contributed by atoms with E-state index in [0.29, 0.717) is 31.0 Å². The molecule has 2 aromatic rings. The largest absolute Gasteiger partial charge is 0.498 e. The number of nitrogens with zero attached hydrogens (tertiary/aromatic N) is 3. The van der Waals surface area contributed by atoms with Crippen LogP contribution in [0.5, 0.6) is 5.75 Å². The zero-order chi connectivity index (χ0) is 22.0. The molecule has 0 radical (unpaired) electrons. The van der Waals surface area contributed by atoms with Gasteiger partial charge in [-0.3, -0.25) is 14.5 Å². The van der Waals surface area contributed by atoms with Gasteiger partial charge in [0.1, 0.15) is 11.9 Å². The second kappa shape index (κ2) is 8.62.